The van der Waals surface area contributed by atoms with Crippen LogP contribution in [0.1, 0.15) is 5.56 Å². The van der Waals surface area contributed by atoms with Crippen molar-refractivity contribution in [1.82, 2.24) is 4.31 Å². The van der Waals surface area contributed by atoms with Gasteiger partial charge in [-0.2, -0.15) is 4.31 Å². The van der Waals surface area contributed by atoms with Gasteiger partial charge in [-0.3, -0.25) is 4.79 Å². The maximum Gasteiger partial charge on any atom is 0.243 e. The normalized spacial score (nSPS) is 11.4. The highest BCUT2D eigenvalue weighted by Gasteiger charge is 2.28. The van der Waals surface area contributed by atoms with Crippen molar-refractivity contribution in [3.05, 3.63) is 87.9 Å². The molecule has 0 bridgehead atoms. The molecule has 0 aliphatic carbocycles. The number of sulfonamides is 1. The van der Waals surface area contributed by atoms with Gasteiger partial charge in [-0.25, -0.2) is 8.42 Å². The molecule has 6 nitrogen and oxygen atoms in total. The van der Waals surface area contributed by atoms with E-state index < -0.39 is 15.9 Å². The van der Waals surface area contributed by atoms with E-state index in [4.69, 9.17) is 16.3 Å². The number of para-hydroxylation sites is 1. The van der Waals surface area contributed by atoms with Gasteiger partial charge in [-0.05, 0) is 51.8 Å². The van der Waals surface area contributed by atoms with Crippen molar-refractivity contribution in [3.8, 4) is 5.75 Å². The molecule has 0 aliphatic heterocycles. The number of ether oxygens (including phenoxy) is 1. The Morgan fingerprint density at radius 2 is 1.74 bits per heavy atom. The summed E-state index contributed by atoms with van der Waals surface area (Å²) in [7, 11) is -2.58. The smallest absolute Gasteiger partial charge is 0.243 e. The second-order valence-electron chi connectivity index (χ2n) is 6.58. The zero-order valence-electron chi connectivity index (χ0n) is 16.6. The Labute approximate surface area is 195 Å². The van der Waals surface area contributed by atoms with Crippen LogP contribution in [0.3, 0.4) is 0 Å². The Balaban J connectivity index is 1.91. The summed E-state index contributed by atoms with van der Waals surface area (Å²) in [4.78, 5) is 12.7. The maximum atomic E-state index is 13.4. The molecule has 0 unspecified atom stereocenters. The lowest BCUT2D eigenvalue weighted by Crippen LogP contribution is -2.37. The molecule has 31 heavy (non-hydrogen) atoms. The third kappa shape index (κ3) is 5.86. The standard InChI is InChI=1S/C22H20BrClN2O4S/c1-30-21-12-11-17(13-19(21)24)31(28,29)26(14-16-7-3-2-4-8-16)15-22(27)25-20-10-6-5-9-18(20)23/h2-13H,14-15H2,1H3,(H,25,27). The Bertz CT molecular complexity index is 1170. The largest absolute Gasteiger partial charge is 0.495 e. The molecule has 1 amide bonds. The minimum Gasteiger partial charge on any atom is -0.495 e. The molecule has 0 spiro atoms. The van der Waals surface area contributed by atoms with Crippen LogP contribution in [0.4, 0.5) is 5.69 Å². The molecule has 0 aliphatic rings. The number of methoxy groups -OCH3 is 1. The van der Waals surface area contributed by atoms with Gasteiger partial charge >= 0.3 is 0 Å². The topological polar surface area (TPSA) is 75.7 Å². The number of halogens is 2. The van der Waals surface area contributed by atoms with Crippen LogP contribution >= 0.6 is 27.5 Å². The summed E-state index contributed by atoms with van der Waals surface area (Å²) in [6, 6.07) is 20.4. The Morgan fingerprint density at radius 3 is 2.39 bits per heavy atom. The molecule has 0 radical (unpaired) electrons. The van der Waals surface area contributed by atoms with Gasteiger partial charge in [0.2, 0.25) is 15.9 Å². The van der Waals surface area contributed by atoms with Crippen molar-refractivity contribution in [2.45, 2.75) is 11.4 Å². The van der Waals surface area contributed by atoms with Crippen LogP contribution in [0.2, 0.25) is 5.02 Å². The summed E-state index contributed by atoms with van der Waals surface area (Å²) in [6.07, 6.45) is 0. The summed E-state index contributed by atoms with van der Waals surface area (Å²) < 4.78 is 33.7. The van der Waals surface area contributed by atoms with Gasteiger partial charge in [0.25, 0.3) is 0 Å². The molecule has 3 rings (SSSR count). The minimum atomic E-state index is -4.02. The molecule has 0 saturated carbocycles. The van der Waals surface area contributed by atoms with Gasteiger partial charge in [0.15, 0.2) is 0 Å². The quantitative estimate of drug-likeness (QED) is 0.454. The van der Waals surface area contributed by atoms with E-state index in [9.17, 15) is 13.2 Å². The van der Waals surface area contributed by atoms with E-state index in [-0.39, 0.29) is 23.0 Å². The number of hydrogen-bond acceptors (Lipinski definition) is 4. The minimum absolute atomic E-state index is 0.0240. The number of anilines is 1. The Kier molecular flexibility index (Phi) is 7.72. The maximum absolute atomic E-state index is 13.4. The number of amides is 1. The van der Waals surface area contributed by atoms with Crippen LogP contribution in [0.15, 0.2) is 82.2 Å². The van der Waals surface area contributed by atoms with E-state index in [1.807, 2.05) is 24.3 Å². The van der Waals surface area contributed by atoms with E-state index >= 15 is 0 Å². The van der Waals surface area contributed by atoms with Crippen molar-refractivity contribution in [3.63, 3.8) is 0 Å². The van der Waals surface area contributed by atoms with Crippen LogP contribution in [-0.2, 0) is 21.4 Å². The number of carbonyl (C=O) groups excluding carboxylic acids is 1. The lowest BCUT2D eigenvalue weighted by molar-refractivity contribution is -0.116. The first-order chi connectivity index (χ1) is 14.8. The first-order valence-electron chi connectivity index (χ1n) is 9.23. The van der Waals surface area contributed by atoms with Gasteiger partial charge < -0.3 is 10.1 Å². The first-order valence-corrected chi connectivity index (χ1v) is 11.8. The number of nitrogens with zero attached hydrogens (tertiary/aromatic N) is 1. The number of rotatable bonds is 8. The van der Waals surface area contributed by atoms with E-state index in [1.165, 1.54) is 25.3 Å². The number of hydrogen-bond donors (Lipinski definition) is 1. The van der Waals surface area contributed by atoms with E-state index in [0.717, 1.165) is 9.87 Å². The van der Waals surface area contributed by atoms with Crippen LogP contribution in [0.5, 0.6) is 5.75 Å². The zero-order chi connectivity index (χ0) is 22.4. The number of carbonyl (C=O) groups is 1. The van der Waals surface area contributed by atoms with Crippen LogP contribution in [0.25, 0.3) is 0 Å². The lowest BCUT2D eigenvalue weighted by Gasteiger charge is -2.22. The van der Waals surface area contributed by atoms with Crippen LogP contribution in [0, 0.1) is 0 Å². The van der Waals surface area contributed by atoms with Gasteiger partial charge in [-0.1, -0.05) is 54.1 Å². The van der Waals surface area contributed by atoms with Crippen molar-refractivity contribution >= 4 is 49.1 Å². The lowest BCUT2D eigenvalue weighted by atomic mass is 10.2. The Morgan fingerprint density at radius 1 is 1.06 bits per heavy atom. The monoisotopic (exact) mass is 522 g/mol. The fourth-order valence-electron chi connectivity index (χ4n) is 2.88. The molecule has 3 aromatic carbocycles. The predicted molar refractivity (Wildman–Crippen MR) is 125 cm³/mol. The molecule has 0 heterocycles. The summed E-state index contributed by atoms with van der Waals surface area (Å²) in [5.41, 5.74) is 1.30. The van der Waals surface area contributed by atoms with Crippen molar-refractivity contribution < 1.29 is 17.9 Å². The molecule has 3 aromatic rings. The predicted octanol–water partition coefficient (Wildman–Crippen LogP) is 4.94. The summed E-state index contributed by atoms with van der Waals surface area (Å²) in [5.74, 6) is -0.104. The molecule has 0 aromatic heterocycles. The van der Waals surface area contributed by atoms with Crippen LogP contribution < -0.4 is 10.1 Å². The van der Waals surface area contributed by atoms with E-state index in [1.54, 1.807) is 30.3 Å². The van der Waals surface area contributed by atoms with E-state index in [0.29, 0.717) is 15.9 Å². The van der Waals surface area contributed by atoms with Gasteiger partial charge in [0.05, 0.1) is 29.3 Å². The fourth-order valence-corrected chi connectivity index (χ4v) is 5.00. The number of nitrogens with one attached hydrogen (secondary N) is 1. The molecular formula is C22H20BrClN2O4S. The highest BCUT2D eigenvalue weighted by molar-refractivity contribution is 9.10. The number of benzene rings is 3. The molecule has 162 valence electrons. The molecular weight excluding hydrogens is 504 g/mol. The fraction of sp³-hybridized carbons (Fsp3) is 0.136. The first kappa shape index (κ1) is 23.3. The average molecular weight is 524 g/mol. The molecule has 0 fully saturated rings. The Hall–Kier alpha value is -2.39. The van der Waals surface area contributed by atoms with E-state index in [2.05, 4.69) is 21.2 Å². The highest BCUT2D eigenvalue weighted by Crippen LogP contribution is 2.29. The molecule has 0 atom stereocenters. The van der Waals surface area contributed by atoms with Crippen molar-refractivity contribution in [1.29, 1.82) is 0 Å². The van der Waals surface area contributed by atoms with Gasteiger partial charge in [0.1, 0.15) is 5.75 Å². The molecule has 0 saturated heterocycles. The summed E-state index contributed by atoms with van der Waals surface area (Å²) in [5, 5.41) is 2.91. The molecule has 1 N–H and O–H groups in total. The third-order valence-corrected chi connectivity index (χ3v) is 7.21. The third-order valence-electron chi connectivity index (χ3n) is 4.43. The van der Waals surface area contributed by atoms with Crippen molar-refractivity contribution in [2.75, 3.05) is 19.0 Å². The SMILES string of the molecule is COc1ccc(S(=O)(=O)N(CC(=O)Nc2ccccc2Br)Cc2ccccc2)cc1Cl. The van der Waals surface area contributed by atoms with Crippen LogP contribution in [-0.4, -0.2) is 32.3 Å². The highest BCUT2D eigenvalue weighted by atomic mass is 79.9. The summed E-state index contributed by atoms with van der Waals surface area (Å²) >= 11 is 9.51. The summed E-state index contributed by atoms with van der Waals surface area (Å²) in [6.45, 7) is -0.349. The van der Waals surface area contributed by atoms with Crippen molar-refractivity contribution in [2.24, 2.45) is 0 Å². The van der Waals surface area contributed by atoms with Gasteiger partial charge in [-0.15, -0.1) is 0 Å². The second kappa shape index (κ2) is 10.3. The average Bonchev–Trinajstić information content (AvgIpc) is 2.75. The van der Waals surface area contributed by atoms with Gasteiger partial charge in [0, 0.05) is 11.0 Å². The molecule has 9 heteroatoms. The second-order valence-corrected chi connectivity index (χ2v) is 9.78. The zero-order valence-corrected chi connectivity index (χ0v) is 19.7.